The molecule has 0 spiro atoms. The average Bonchev–Trinajstić information content (AvgIpc) is 2.33. The molecule has 2 rings (SSSR count). The molecule has 2 aromatic rings. The van der Waals surface area contributed by atoms with Crippen LogP contribution in [0.4, 0.5) is 8.78 Å². The zero-order valence-electron chi connectivity index (χ0n) is 9.36. The minimum absolute atomic E-state index is 0.148. The molecule has 4 heteroatoms. The highest BCUT2D eigenvalue weighted by Crippen LogP contribution is 2.15. The molecule has 0 unspecified atom stereocenters. The molecule has 1 N–H and O–H groups in total. The Morgan fingerprint density at radius 1 is 1.11 bits per heavy atom. The van der Waals surface area contributed by atoms with Crippen LogP contribution in [0.2, 0.25) is 0 Å². The Bertz CT molecular complexity index is 594. The molecule has 18 heavy (non-hydrogen) atoms. The van der Waals surface area contributed by atoms with Gasteiger partial charge in [0, 0.05) is 12.5 Å². The predicted molar refractivity (Wildman–Crippen MR) is 62.6 cm³/mol. The first-order chi connectivity index (χ1) is 8.56. The summed E-state index contributed by atoms with van der Waals surface area (Å²) in [5, 5.41) is 8.84. The highest BCUT2D eigenvalue weighted by atomic mass is 19.1. The maximum absolute atomic E-state index is 13.4. The lowest BCUT2D eigenvalue weighted by Gasteiger charge is -2.04. The summed E-state index contributed by atoms with van der Waals surface area (Å²) >= 11 is 0. The molecule has 0 saturated heterocycles. The van der Waals surface area contributed by atoms with E-state index in [-0.39, 0.29) is 12.0 Å². The lowest BCUT2D eigenvalue weighted by Crippen LogP contribution is -1.99. The van der Waals surface area contributed by atoms with Gasteiger partial charge in [-0.05, 0) is 29.3 Å². The molecule has 0 radical (unpaired) electrons. The molecular weight excluding hydrogens is 238 g/mol. The van der Waals surface area contributed by atoms with E-state index < -0.39 is 17.6 Å². The molecule has 0 aliphatic rings. The van der Waals surface area contributed by atoms with Crippen LogP contribution in [-0.2, 0) is 6.42 Å². The van der Waals surface area contributed by atoms with Gasteiger partial charge in [-0.25, -0.2) is 13.6 Å². The van der Waals surface area contributed by atoms with Gasteiger partial charge < -0.3 is 5.11 Å². The normalized spacial score (nSPS) is 10.3. The van der Waals surface area contributed by atoms with E-state index in [0.29, 0.717) is 11.1 Å². The van der Waals surface area contributed by atoms with Crippen molar-refractivity contribution in [2.75, 3.05) is 0 Å². The van der Waals surface area contributed by atoms with Gasteiger partial charge in [-0.2, -0.15) is 0 Å². The Morgan fingerprint density at radius 2 is 1.89 bits per heavy atom. The number of aromatic carboxylic acids is 1. The maximum Gasteiger partial charge on any atom is 0.335 e. The van der Waals surface area contributed by atoms with Crippen molar-refractivity contribution in [3.05, 3.63) is 70.8 Å². The number of halogens is 2. The fourth-order valence-electron chi connectivity index (χ4n) is 1.70. The van der Waals surface area contributed by atoms with E-state index in [1.807, 2.05) is 0 Å². The van der Waals surface area contributed by atoms with Gasteiger partial charge in [0.15, 0.2) is 0 Å². The first-order valence-corrected chi connectivity index (χ1v) is 5.32. The van der Waals surface area contributed by atoms with Crippen molar-refractivity contribution in [1.29, 1.82) is 0 Å². The monoisotopic (exact) mass is 248 g/mol. The number of rotatable bonds is 3. The van der Waals surface area contributed by atoms with Crippen LogP contribution in [0.15, 0.2) is 42.5 Å². The largest absolute Gasteiger partial charge is 0.478 e. The lowest BCUT2D eigenvalue weighted by molar-refractivity contribution is 0.0697. The van der Waals surface area contributed by atoms with Gasteiger partial charge in [-0.3, -0.25) is 0 Å². The van der Waals surface area contributed by atoms with Crippen molar-refractivity contribution in [2.45, 2.75) is 6.42 Å². The van der Waals surface area contributed by atoms with Gasteiger partial charge >= 0.3 is 5.97 Å². The molecule has 0 fully saturated rings. The minimum atomic E-state index is -1.03. The number of hydrogen-bond donors (Lipinski definition) is 1. The van der Waals surface area contributed by atoms with Crippen molar-refractivity contribution in [3.8, 4) is 0 Å². The van der Waals surface area contributed by atoms with Crippen LogP contribution in [0.1, 0.15) is 21.5 Å². The quantitative estimate of drug-likeness (QED) is 0.905. The van der Waals surface area contributed by atoms with Gasteiger partial charge in [0.05, 0.1) is 5.56 Å². The van der Waals surface area contributed by atoms with Gasteiger partial charge in [0.2, 0.25) is 0 Å². The van der Waals surface area contributed by atoms with Crippen molar-refractivity contribution in [1.82, 2.24) is 0 Å². The fraction of sp³-hybridized carbons (Fsp3) is 0.0714. The Labute approximate surface area is 103 Å². The second-order valence-corrected chi connectivity index (χ2v) is 3.92. The molecule has 0 saturated carbocycles. The first-order valence-electron chi connectivity index (χ1n) is 5.32. The van der Waals surface area contributed by atoms with Crippen LogP contribution in [0.5, 0.6) is 0 Å². The summed E-state index contributed by atoms with van der Waals surface area (Å²) in [6.07, 6.45) is 0.229. The fourth-order valence-corrected chi connectivity index (χ4v) is 1.70. The molecule has 0 amide bonds. The molecule has 0 heterocycles. The third-order valence-electron chi connectivity index (χ3n) is 2.58. The zero-order valence-corrected chi connectivity index (χ0v) is 9.36. The van der Waals surface area contributed by atoms with E-state index in [2.05, 4.69) is 0 Å². The van der Waals surface area contributed by atoms with E-state index in [9.17, 15) is 13.6 Å². The summed E-state index contributed by atoms with van der Waals surface area (Å²) in [4.78, 5) is 10.8. The number of benzene rings is 2. The molecule has 92 valence electrons. The predicted octanol–water partition coefficient (Wildman–Crippen LogP) is 3.25. The molecule has 0 bridgehead atoms. The van der Waals surface area contributed by atoms with Crippen molar-refractivity contribution in [3.63, 3.8) is 0 Å². The number of hydrogen-bond acceptors (Lipinski definition) is 1. The molecule has 0 aliphatic carbocycles. The van der Waals surface area contributed by atoms with E-state index in [1.54, 1.807) is 12.1 Å². The van der Waals surface area contributed by atoms with Crippen LogP contribution in [-0.4, -0.2) is 11.1 Å². The second kappa shape index (κ2) is 4.96. The highest BCUT2D eigenvalue weighted by molar-refractivity contribution is 5.87. The zero-order chi connectivity index (χ0) is 13.1. The van der Waals surface area contributed by atoms with Gasteiger partial charge in [-0.1, -0.05) is 18.2 Å². The Hall–Kier alpha value is -2.23. The van der Waals surface area contributed by atoms with Gasteiger partial charge in [0.1, 0.15) is 11.6 Å². The van der Waals surface area contributed by atoms with Crippen molar-refractivity contribution < 1.29 is 18.7 Å². The van der Waals surface area contributed by atoms with E-state index in [4.69, 9.17) is 5.11 Å². The smallest absolute Gasteiger partial charge is 0.335 e. The third kappa shape index (κ3) is 2.71. The Balaban J connectivity index is 2.28. The topological polar surface area (TPSA) is 37.3 Å². The molecule has 0 atom stereocenters. The van der Waals surface area contributed by atoms with Crippen LogP contribution < -0.4 is 0 Å². The lowest BCUT2D eigenvalue weighted by atomic mass is 10.0. The van der Waals surface area contributed by atoms with E-state index in [1.165, 1.54) is 24.3 Å². The standard InChI is InChI=1S/C14H10F2O2/c15-12-5-4-10(13(16)8-12)6-9-2-1-3-11(7-9)14(17)18/h1-5,7-8H,6H2,(H,17,18). The molecule has 0 aromatic heterocycles. The van der Waals surface area contributed by atoms with Crippen LogP contribution >= 0.6 is 0 Å². The number of carboxylic acid groups (broad SMARTS) is 1. The summed E-state index contributed by atoms with van der Waals surface area (Å²) in [6, 6.07) is 9.60. The third-order valence-corrected chi connectivity index (χ3v) is 2.58. The van der Waals surface area contributed by atoms with Gasteiger partial charge in [-0.15, -0.1) is 0 Å². The molecule has 2 nitrogen and oxygen atoms in total. The minimum Gasteiger partial charge on any atom is -0.478 e. The summed E-state index contributed by atoms with van der Waals surface area (Å²) in [7, 11) is 0. The first kappa shape index (κ1) is 12.2. The molecular formula is C14H10F2O2. The maximum atomic E-state index is 13.4. The van der Waals surface area contributed by atoms with E-state index in [0.717, 1.165) is 6.07 Å². The van der Waals surface area contributed by atoms with Crippen LogP contribution in [0.25, 0.3) is 0 Å². The Morgan fingerprint density at radius 3 is 2.56 bits per heavy atom. The van der Waals surface area contributed by atoms with Crippen LogP contribution in [0, 0.1) is 11.6 Å². The van der Waals surface area contributed by atoms with Crippen molar-refractivity contribution in [2.24, 2.45) is 0 Å². The summed E-state index contributed by atoms with van der Waals surface area (Å²) < 4.78 is 26.2. The number of carboxylic acids is 1. The van der Waals surface area contributed by atoms with E-state index >= 15 is 0 Å². The van der Waals surface area contributed by atoms with Crippen LogP contribution in [0.3, 0.4) is 0 Å². The van der Waals surface area contributed by atoms with Gasteiger partial charge in [0.25, 0.3) is 0 Å². The SMILES string of the molecule is O=C(O)c1cccc(Cc2ccc(F)cc2F)c1. The Kier molecular flexibility index (Phi) is 3.37. The highest BCUT2D eigenvalue weighted by Gasteiger charge is 2.07. The average molecular weight is 248 g/mol. The summed E-state index contributed by atoms with van der Waals surface area (Å²) in [5.41, 5.74) is 1.15. The summed E-state index contributed by atoms with van der Waals surface area (Å²) in [6.45, 7) is 0. The number of carbonyl (C=O) groups is 1. The molecule has 2 aromatic carbocycles. The second-order valence-electron chi connectivity index (χ2n) is 3.92. The summed E-state index contributed by atoms with van der Waals surface area (Å²) in [5.74, 6) is -2.29. The van der Waals surface area contributed by atoms with Crippen molar-refractivity contribution >= 4 is 5.97 Å². The molecule has 0 aliphatic heterocycles.